The summed E-state index contributed by atoms with van der Waals surface area (Å²) < 4.78 is 34.1. The topological polar surface area (TPSA) is 67.6 Å². The smallest absolute Gasteiger partial charge is 0.387 e. The number of halogens is 2. The number of aromatic nitrogens is 1. The highest BCUT2D eigenvalue weighted by atomic mass is 19.3. The number of hydrogen-bond acceptors (Lipinski definition) is 5. The highest BCUT2D eigenvalue weighted by molar-refractivity contribution is 5.92. The fourth-order valence-corrected chi connectivity index (χ4v) is 2.60. The first-order valence-corrected chi connectivity index (χ1v) is 7.13. The molecule has 23 heavy (non-hydrogen) atoms. The molecule has 3 rings (SSSR count). The largest absolute Gasteiger partial charge is 0.433 e. The van der Waals surface area contributed by atoms with Crippen molar-refractivity contribution in [2.75, 3.05) is 18.0 Å². The highest BCUT2D eigenvalue weighted by Gasteiger charge is 2.27. The summed E-state index contributed by atoms with van der Waals surface area (Å²) in [5.41, 5.74) is 0.802. The zero-order valence-corrected chi connectivity index (χ0v) is 12.1. The van der Waals surface area contributed by atoms with Crippen molar-refractivity contribution in [2.45, 2.75) is 19.1 Å². The summed E-state index contributed by atoms with van der Waals surface area (Å²) in [5, 5.41) is 6.43. The van der Waals surface area contributed by atoms with Gasteiger partial charge in [0.15, 0.2) is 5.69 Å². The summed E-state index contributed by atoms with van der Waals surface area (Å²) in [4.78, 5) is 13.8. The zero-order valence-electron chi connectivity index (χ0n) is 12.1. The van der Waals surface area contributed by atoms with Gasteiger partial charge in [-0.3, -0.25) is 4.79 Å². The summed E-state index contributed by atoms with van der Waals surface area (Å²) in [6.07, 6.45) is 2.03. The minimum Gasteiger partial charge on any atom is -0.433 e. The van der Waals surface area contributed by atoms with Crippen molar-refractivity contribution in [3.05, 3.63) is 42.3 Å². The van der Waals surface area contributed by atoms with E-state index in [-0.39, 0.29) is 23.4 Å². The number of para-hydroxylation sites is 2. The molecule has 0 radical (unpaired) electrons. The normalized spacial score (nSPS) is 17.5. The number of nitrogens with zero attached hydrogens (tertiary/aromatic N) is 2. The summed E-state index contributed by atoms with van der Waals surface area (Å²) in [6.45, 7) is -1.73. The number of carbonyl (C=O) groups is 1. The van der Waals surface area contributed by atoms with Crippen LogP contribution in [0.4, 0.5) is 14.5 Å². The quantitative estimate of drug-likeness (QED) is 0.914. The number of carbonyl (C=O) groups excluding carboxylic acids is 1. The Morgan fingerprint density at radius 1 is 1.39 bits per heavy atom. The maximum absolute atomic E-state index is 12.5. The van der Waals surface area contributed by atoms with E-state index in [1.807, 2.05) is 4.90 Å². The van der Waals surface area contributed by atoms with Crippen LogP contribution in [-0.2, 0) is 0 Å². The lowest BCUT2D eigenvalue weighted by atomic mass is 10.2. The van der Waals surface area contributed by atoms with Crippen molar-refractivity contribution in [3.63, 3.8) is 0 Å². The molecule has 1 amide bonds. The lowest BCUT2D eigenvalue weighted by molar-refractivity contribution is -0.0495. The maximum atomic E-state index is 12.5. The number of nitrogens with one attached hydrogen (secondary N) is 1. The monoisotopic (exact) mass is 323 g/mol. The second-order valence-corrected chi connectivity index (χ2v) is 5.14. The molecule has 8 heteroatoms. The predicted octanol–water partition coefficient (Wildman–Crippen LogP) is 2.28. The molecule has 1 aliphatic rings. The third kappa shape index (κ3) is 3.58. The number of anilines is 1. The molecule has 1 fully saturated rings. The number of benzene rings is 1. The van der Waals surface area contributed by atoms with E-state index >= 15 is 0 Å². The van der Waals surface area contributed by atoms with E-state index in [1.165, 1.54) is 18.4 Å². The van der Waals surface area contributed by atoms with Crippen LogP contribution in [0.15, 0.2) is 41.1 Å². The number of alkyl halides is 2. The van der Waals surface area contributed by atoms with E-state index in [0.29, 0.717) is 25.2 Å². The fraction of sp³-hybridized carbons (Fsp3) is 0.333. The third-order valence-corrected chi connectivity index (χ3v) is 3.62. The van der Waals surface area contributed by atoms with Crippen LogP contribution in [0.25, 0.3) is 0 Å². The molecule has 1 aromatic carbocycles. The van der Waals surface area contributed by atoms with Gasteiger partial charge in [-0.05, 0) is 18.6 Å². The number of rotatable bonds is 5. The van der Waals surface area contributed by atoms with E-state index < -0.39 is 6.61 Å². The summed E-state index contributed by atoms with van der Waals surface area (Å²) in [6, 6.07) is 8.01. The molecule has 2 heterocycles. The molecule has 1 saturated heterocycles. The zero-order chi connectivity index (χ0) is 16.2. The summed E-state index contributed by atoms with van der Waals surface area (Å²) in [5.74, 6) is -0.186. The van der Waals surface area contributed by atoms with Crippen molar-refractivity contribution >= 4 is 11.6 Å². The predicted molar refractivity (Wildman–Crippen MR) is 77.7 cm³/mol. The molecule has 1 N–H and O–H groups in total. The van der Waals surface area contributed by atoms with Gasteiger partial charge in [0.2, 0.25) is 0 Å². The number of ether oxygens (including phenoxy) is 1. The van der Waals surface area contributed by atoms with E-state index in [2.05, 4.69) is 19.7 Å². The van der Waals surface area contributed by atoms with Crippen molar-refractivity contribution in [2.24, 2.45) is 0 Å². The van der Waals surface area contributed by atoms with Crippen LogP contribution in [0.3, 0.4) is 0 Å². The number of hydrogen-bond donors (Lipinski definition) is 1. The van der Waals surface area contributed by atoms with Gasteiger partial charge in [0.25, 0.3) is 5.91 Å². The molecule has 1 aliphatic heterocycles. The van der Waals surface area contributed by atoms with Crippen molar-refractivity contribution in [1.82, 2.24) is 10.5 Å². The van der Waals surface area contributed by atoms with Crippen LogP contribution in [0.5, 0.6) is 5.75 Å². The molecule has 0 aliphatic carbocycles. The molecule has 6 nitrogen and oxygen atoms in total. The number of amides is 1. The van der Waals surface area contributed by atoms with Crippen LogP contribution in [-0.4, -0.2) is 36.8 Å². The van der Waals surface area contributed by atoms with E-state index in [9.17, 15) is 13.6 Å². The molecule has 0 unspecified atom stereocenters. The summed E-state index contributed by atoms with van der Waals surface area (Å²) >= 11 is 0. The van der Waals surface area contributed by atoms with Gasteiger partial charge < -0.3 is 19.5 Å². The second kappa shape index (κ2) is 6.64. The van der Waals surface area contributed by atoms with Gasteiger partial charge in [-0.25, -0.2) is 0 Å². The summed E-state index contributed by atoms with van der Waals surface area (Å²) in [7, 11) is 0. The standard InChI is InChI=1S/C15H15F2N3O3/c16-15(17)23-13-4-2-1-3-12(13)20-7-5-10(9-20)18-14(21)11-6-8-22-19-11/h1-4,6,8,10,15H,5,7,9H2,(H,18,21)/t10-/m1/s1. The molecule has 0 saturated carbocycles. The molecular weight excluding hydrogens is 308 g/mol. The lowest BCUT2D eigenvalue weighted by Gasteiger charge is -2.21. The van der Waals surface area contributed by atoms with E-state index in [4.69, 9.17) is 0 Å². The van der Waals surface area contributed by atoms with Crippen LogP contribution < -0.4 is 15.0 Å². The second-order valence-electron chi connectivity index (χ2n) is 5.14. The van der Waals surface area contributed by atoms with Crippen LogP contribution >= 0.6 is 0 Å². The Labute approximate surface area is 131 Å². The molecule has 1 aromatic heterocycles. The molecule has 1 atom stereocenters. The minimum atomic E-state index is -2.87. The maximum Gasteiger partial charge on any atom is 0.387 e. The van der Waals surface area contributed by atoms with Crippen LogP contribution in [0.2, 0.25) is 0 Å². The Kier molecular flexibility index (Phi) is 4.40. The van der Waals surface area contributed by atoms with Gasteiger partial charge in [0.05, 0.1) is 5.69 Å². The van der Waals surface area contributed by atoms with E-state index in [1.54, 1.807) is 18.2 Å². The van der Waals surface area contributed by atoms with Gasteiger partial charge in [0.1, 0.15) is 12.0 Å². The van der Waals surface area contributed by atoms with Gasteiger partial charge in [-0.1, -0.05) is 17.3 Å². The first-order chi connectivity index (χ1) is 11.1. The molecule has 0 bridgehead atoms. The first-order valence-electron chi connectivity index (χ1n) is 7.13. The highest BCUT2D eigenvalue weighted by Crippen LogP contribution is 2.31. The molecular formula is C15H15F2N3O3. The first kappa shape index (κ1) is 15.3. The molecule has 0 spiro atoms. The molecule has 122 valence electrons. The van der Waals surface area contributed by atoms with Crippen molar-refractivity contribution in [1.29, 1.82) is 0 Å². The van der Waals surface area contributed by atoms with E-state index in [0.717, 1.165) is 0 Å². The SMILES string of the molecule is O=C(N[C@@H]1CCN(c2ccccc2OC(F)F)C1)c1ccon1. The third-order valence-electron chi connectivity index (χ3n) is 3.62. The average Bonchev–Trinajstić information content (AvgIpc) is 3.18. The van der Waals surface area contributed by atoms with Crippen LogP contribution in [0.1, 0.15) is 16.9 Å². The van der Waals surface area contributed by atoms with Gasteiger partial charge in [-0.2, -0.15) is 8.78 Å². The molecule has 2 aromatic rings. The van der Waals surface area contributed by atoms with Crippen LogP contribution in [0, 0.1) is 0 Å². The van der Waals surface area contributed by atoms with Gasteiger partial charge in [0, 0.05) is 25.2 Å². The Bertz CT molecular complexity index is 664. The van der Waals surface area contributed by atoms with Crippen molar-refractivity contribution < 1.29 is 22.8 Å². The Morgan fingerprint density at radius 3 is 2.96 bits per heavy atom. The average molecular weight is 323 g/mol. The van der Waals surface area contributed by atoms with Gasteiger partial charge in [-0.15, -0.1) is 0 Å². The minimum absolute atomic E-state index is 0.0983. The Balaban J connectivity index is 1.65. The fourth-order valence-electron chi connectivity index (χ4n) is 2.60. The Hall–Kier alpha value is -2.64. The van der Waals surface area contributed by atoms with Gasteiger partial charge >= 0.3 is 6.61 Å². The Morgan fingerprint density at radius 2 is 2.22 bits per heavy atom. The lowest BCUT2D eigenvalue weighted by Crippen LogP contribution is -2.37. The van der Waals surface area contributed by atoms with Crippen molar-refractivity contribution in [3.8, 4) is 5.75 Å².